The van der Waals surface area contributed by atoms with Crippen molar-refractivity contribution in [2.45, 2.75) is 38.1 Å². The Morgan fingerprint density at radius 3 is 2.44 bits per heavy atom. The number of sulfonamides is 1. The molecule has 3 rings (SSSR count). The van der Waals surface area contributed by atoms with E-state index in [2.05, 4.69) is 5.32 Å². The smallest absolute Gasteiger partial charge is 0.243 e. The summed E-state index contributed by atoms with van der Waals surface area (Å²) in [6.07, 6.45) is 1.34. The third kappa shape index (κ3) is 4.39. The molecule has 0 radical (unpaired) electrons. The second-order valence-corrected chi connectivity index (χ2v) is 9.42. The highest BCUT2D eigenvalue weighted by Gasteiger charge is 2.41. The van der Waals surface area contributed by atoms with E-state index < -0.39 is 15.4 Å². The summed E-state index contributed by atoms with van der Waals surface area (Å²) in [5, 5.41) is 2.97. The number of hydrogen-bond acceptors (Lipinski definition) is 3. The fourth-order valence-corrected chi connectivity index (χ4v) is 5.04. The molecule has 0 aliphatic carbocycles. The van der Waals surface area contributed by atoms with Crippen molar-refractivity contribution in [1.82, 2.24) is 9.62 Å². The first-order valence-corrected chi connectivity index (χ1v) is 10.6. The predicted octanol–water partition coefficient (Wildman–Crippen LogP) is 3.10. The predicted molar refractivity (Wildman–Crippen MR) is 106 cm³/mol. The fraction of sp³-hybridized carbons (Fsp3) is 0.381. The van der Waals surface area contributed by atoms with Crippen molar-refractivity contribution in [3.8, 4) is 0 Å². The van der Waals surface area contributed by atoms with Crippen LogP contribution in [0, 0.1) is 12.3 Å². The van der Waals surface area contributed by atoms with E-state index in [4.69, 9.17) is 0 Å². The highest BCUT2D eigenvalue weighted by Crippen LogP contribution is 2.33. The van der Waals surface area contributed by atoms with Gasteiger partial charge in [0.2, 0.25) is 15.9 Å². The molecular formula is C21H26N2O3S. The van der Waals surface area contributed by atoms with E-state index >= 15 is 0 Å². The minimum absolute atomic E-state index is 0.102. The van der Waals surface area contributed by atoms with Crippen molar-refractivity contribution >= 4 is 15.9 Å². The maximum atomic E-state index is 13.0. The lowest BCUT2D eigenvalue weighted by molar-refractivity contribution is -0.132. The molecule has 1 saturated heterocycles. The van der Waals surface area contributed by atoms with Crippen LogP contribution in [-0.4, -0.2) is 31.7 Å². The minimum atomic E-state index is -3.60. The molecule has 1 N–H and O–H groups in total. The Morgan fingerprint density at radius 2 is 1.78 bits per heavy atom. The summed E-state index contributed by atoms with van der Waals surface area (Å²) < 4.78 is 27.4. The third-order valence-corrected chi connectivity index (χ3v) is 7.02. The Labute approximate surface area is 161 Å². The molecule has 6 heteroatoms. The second-order valence-electron chi connectivity index (χ2n) is 7.48. The topological polar surface area (TPSA) is 66.5 Å². The number of amides is 1. The highest BCUT2D eigenvalue weighted by molar-refractivity contribution is 7.89. The van der Waals surface area contributed by atoms with Gasteiger partial charge in [-0.2, -0.15) is 4.31 Å². The largest absolute Gasteiger partial charge is 0.352 e. The Bertz CT molecular complexity index is 895. The Kier molecular flexibility index (Phi) is 5.67. The number of carbonyl (C=O) groups is 1. The summed E-state index contributed by atoms with van der Waals surface area (Å²) in [5.41, 5.74) is 1.30. The SMILES string of the molecule is Cc1ccc(S(=O)(=O)N2CCCC(C)(C(=O)NCc3ccccc3)C2)cc1. The van der Waals surface area contributed by atoms with Gasteiger partial charge in [-0.05, 0) is 44.4 Å². The van der Waals surface area contributed by atoms with Gasteiger partial charge in [-0.3, -0.25) is 4.79 Å². The van der Waals surface area contributed by atoms with Crippen LogP contribution in [0.25, 0.3) is 0 Å². The van der Waals surface area contributed by atoms with Gasteiger partial charge >= 0.3 is 0 Å². The summed E-state index contributed by atoms with van der Waals surface area (Å²) in [4.78, 5) is 13.1. The molecule has 0 spiro atoms. The number of hydrogen-bond donors (Lipinski definition) is 1. The van der Waals surface area contributed by atoms with Crippen molar-refractivity contribution in [2.24, 2.45) is 5.41 Å². The second kappa shape index (κ2) is 7.82. The van der Waals surface area contributed by atoms with Crippen LogP contribution < -0.4 is 5.32 Å². The molecule has 1 amide bonds. The number of nitrogens with zero attached hydrogens (tertiary/aromatic N) is 1. The highest BCUT2D eigenvalue weighted by atomic mass is 32.2. The maximum Gasteiger partial charge on any atom is 0.243 e. The van der Waals surface area contributed by atoms with Gasteiger partial charge in [0.15, 0.2) is 0 Å². The molecule has 5 nitrogen and oxygen atoms in total. The van der Waals surface area contributed by atoms with E-state index in [0.717, 1.165) is 11.1 Å². The molecule has 0 aromatic heterocycles. The zero-order valence-electron chi connectivity index (χ0n) is 15.8. The van der Waals surface area contributed by atoms with Crippen LogP contribution in [0.1, 0.15) is 30.9 Å². The van der Waals surface area contributed by atoms with Crippen LogP contribution in [0.3, 0.4) is 0 Å². The average molecular weight is 387 g/mol. The quantitative estimate of drug-likeness (QED) is 0.859. The van der Waals surface area contributed by atoms with Gasteiger partial charge in [-0.25, -0.2) is 8.42 Å². The maximum absolute atomic E-state index is 13.0. The molecule has 1 heterocycles. The normalized spacial score (nSPS) is 21.0. The number of nitrogens with one attached hydrogen (secondary N) is 1. The molecular weight excluding hydrogens is 360 g/mol. The van der Waals surface area contributed by atoms with Crippen molar-refractivity contribution in [3.05, 3.63) is 65.7 Å². The molecule has 2 aromatic rings. The van der Waals surface area contributed by atoms with Crippen LogP contribution >= 0.6 is 0 Å². The zero-order chi connectivity index (χ0) is 19.5. The Balaban J connectivity index is 1.72. The molecule has 1 aliphatic heterocycles. The molecule has 1 fully saturated rings. The van der Waals surface area contributed by atoms with Crippen LogP contribution in [0.5, 0.6) is 0 Å². The standard InChI is InChI=1S/C21H26N2O3S/c1-17-9-11-19(12-10-17)27(25,26)23-14-6-13-21(2,16-23)20(24)22-15-18-7-4-3-5-8-18/h3-5,7-12H,6,13-16H2,1-2H3,(H,22,24). The van der Waals surface area contributed by atoms with E-state index in [0.29, 0.717) is 25.9 Å². The van der Waals surface area contributed by atoms with E-state index in [9.17, 15) is 13.2 Å². The molecule has 1 unspecified atom stereocenters. The lowest BCUT2D eigenvalue weighted by Gasteiger charge is -2.38. The molecule has 144 valence electrons. The van der Waals surface area contributed by atoms with E-state index in [1.54, 1.807) is 24.3 Å². The number of piperidine rings is 1. The summed E-state index contributed by atoms with van der Waals surface area (Å²) in [6.45, 7) is 4.86. The van der Waals surface area contributed by atoms with Crippen molar-refractivity contribution in [3.63, 3.8) is 0 Å². The first-order chi connectivity index (χ1) is 12.8. The van der Waals surface area contributed by atoms with Crippen molar-refractivity contribution in [1.29, 1.82) is 0 Å². The van der Waals surface area contributed by atoms with Crippen LogP contribution in [0.15, 0.2) is 59.5 Å². The first kappa shape index (κ1) is 19.6. The van der Waals surface area contributed by atoms with Crippen molar-refractivity contribution in [2.75, 3.05) is 13.1 Å². The molecule has 1 aliphatic rings. The molecule has 2 aromatic carbocycles. The number of benzene rings is 2. The summed E-state index contributed by atoms with van der Waals surface area (Å²) in [7, 11) is -3.60. The Morgan fingerprint density at radius 1 is 1.11 bits per heavy atom. The Hall–Kier alpha value is -2.18. The molecule has 0 saturated carbocycles. The number of carbonyl (C=O) groups excluding carboxylic acids is 1. The molecule has 27 heavy (non-hydrogen) atoms. The molecule has 0 bridgehead atoms. The lowest BCUT2D eigenvalue weighted by Crippen LogP contribution is -2.51. The monoisotopic (exact) mass is 386 g/mol. The average Bonchev–Trinajstić information content (AvgIpc) is 2.67. The van der Waals surface area contributed by atoms with E-state index in [1.165, 1.54) is 4.31 Å². The van der Waals surface area contributed by atoms with Gasteiger partial charge in [0.05, 0.1) is 10.3 Å². The number of rotatable bonds is 5. The minimum Gasteiger partial charge on any atom is -0.352 e. The van der Waals surface area contributed by atoms with Crippen molar-refractivity contribution < 1.29 is 13.2 Å². The summed E-state index contributed by atoms with van der Waals surface area (Å²) in [5.74, 6) is -0.102. The van der Waals surface area contributed by atoms with Gasteiger partial charge < -0.3 is 5.32 Å². The van der Waals surface area contributed by atoms with Crippen LogP contribution in [0.4, 0.5) is 0 Å². The lowest BCUT2D eigenvalue weighted by atomic mass is 9.82. The summed E-state index contributed by atoms with van der Waals surface area (Å²) >= 11 is 0. The first-order valence-electron chi connectivity index (χ1n) is 9.20. The van der Waals surface area contributed by atoms with Gasteiger partial charge in [-0.15, -0.1) is 0 Å². The van der Waals surface area contributed by atoms with Crippen LogP contribution in [-0.2, 0) is 21.4 Å². The molecule has 1 atom stereocenters. The van der Waals surface area contributed by atoms with Gasteiger partial charge in [-0.1, -0.05) is 48.0 Å². The van der Waals surface area contributed by atoms with Gasteiger partial charge in [0.1, 0.15) is 0 Å². The van der Waals surface area contributed by atoms with E-state index in [-0.39, 0.29) is 17.3 Å². The van der Waals surface area contributed by atoms with Crippen LogP contribution in [0.2, 0.25) is 0 Å². The zero-order valence-corrected chi connectivity index (χ0v) is 16.6. The summed E-state index contributed by atoms with van der Waals surface area (Å²) in [6, 6.07) is 16.6. The fourth-order valence-electron chi connectivity index (χ4n) is 3.43. The van der Waals surface area contributed by atoms with Gasteiger partial charge in [0, 0.05) is 19.6 Å². The van der Waals surface area contributed by atoms with E-state index in [1.807, 2.05) is 44.2 Å². The third-order valence-electron chi connectivity index (χ3n) is 5.16. The number of aryl methyl sites for hydroxylation is 1. The van der Waals surface area contributed by atoms with Gasteiger partial charge in [0.25, 0.3) is 0 Å².